The fourth-order valence-electron chi connectivity index (χ4n) is 2.69. The zero-order chi connectivity index (χ0) is 16.4. The van der Waals surface area contributed by atoms with Crippen LogP contribution < -0.4 is 0 Å². The van der Waals surface area contributed by atoms with Gasteiger partial charge >= 0.3 is 0 Å². The van der Waals surface area contributed by atoms with Crippen molar-refractivity contribution in [2.75, 3.05) is 0 Å². The molecule has 0 aliphatic carbocycles. The van der Waals surface area contributed by atoms with Gasteiger partial charge in [0.2, 0.25) is 0 Å². The lowest BCUT2D eigenvalue weighted by Gasteiger charge is -2.14. The number of hydrogen-bond donors (Lipinski definition) is 1. The van der Waals surface area contributed by atoms with Crippen LogP contribution in [0.2, 0.25) is 0 Å². The van der Waals surface area contributed by atoms with Crippen LogP contribution in [0, 0.1) is 0 Å². The van der Waals surface area contributed by atoms with E-state index in [0.717, 1.165) is 26.4 Å². The van der Waals surface area contributed by atoms with Crippen molar-refractivity contribution in [2.24, 2.45) is 0 Å². The van der Waals surface area contributed by atoms with Crippen LogP contribution in [0.25, 0.3) is 10.9 Å². The molecule has 0 fully saturated rings. The van der Waals surface area contributed by atoms with Gasteiger partial charge in [-0.25, -0.2) is 4.98 Å². The molecule has 1 atom stereocenters. The summed E-state index contributed by atoms with van der Waals surface area (Å²) >= 11 is 3.06. The summed E-state index contributed by atoms with van der Waals surface area (Å²) in [5.74, 6) is 0.0962. The van der Waals surface area contributed by atoms with Gasteiger partial charge in [0, 0.05) is 34.2 Å². The van der Waals surface area contributed by atoms with Crippen molar-refractivity contribution in [3.8, 4) is 0 Å². The van der Waals surface area contributed by atoms with Gasteiger partial charge in [0.25, 0.3) is 0 Å². The summed E-state index contributed by atoms with van der Waals surface area (Å²) in [7, 11) is 0. The number of fused-ring (bicyclic) bond motifs is 1. The predicted molar refractivity (Wildman–Crippen MR) is 99.8 cm³/mol. The maximum atomic E-state index is 13.3. The van der Waals surface area contributed by atoms with Crippen molar-refractivity contribution in [2.45, 2.75) is 9.59 Å². The molecule has 4 rings (SSSR count). The molecule has 0 spiro atoms. The summed E-state index contributed by atoms with van der Waals surface area (Å²) in [4.78, 5) is 20.8. The number of hydrogen-bond acceptors (Lipinski definition) is 4. The zero-order valence-corrected chi connectivity index (χ0v) is 14.3. The highest BCUT2D eigenvalue weighted by atomic mass is 32.2. The number of para-hydroxylation sites is 1. The second kappa shape index (κ2) is 6.63. The van der Waals surface area contributed by atoms with Gasteiger partial charge in [-0.2, -0.15) is 0 Å². The van der Waals surface area contributed by atoms with Gasteiger partial charge in [-0.1, -0.05) is 60.3 Å². The average Bonchev–Trinajstić information content (AvgIpc) is 3.29. The Morgan fingerprint density at radius 3 is 2.67 bits per heavy atom. The Morgan fingerprint density at radius 1 is 1.08 bits per heavy atom. The monoisotopic (exact) mass is 350 g/mol. The maximum Gasteiger partial charge on any atom is 0.182 e. The second-order valence-corrected chi connectivity index (χ2v) is 7.57. The predicted octanol–water partition coefficient (Wildman–Crippen LogP) is 5.34. The lowest BCUT2D eigenvalue weighted by molar-refractivity contribution is 0.0991. The second-order valence-electron chi connectivity index (χ2n) is 5.32. The highest BCUT2D eigenvalue weighted by Gasteiger charge is 2.26. The van der Waals surface area contributed by atoms with Crippen LogP contribution in [-0.4, -0.2) is 15.8 Å². The van der Waals surface area contributed by atoms with Crippen molar-refractivity contribution in [3.63, 3.8) is 0 Å². The van der Waals surface area contributed by atoms with Crippen LogP contribution in [0.5, 0.6) is 0 Å². The molecule has 118 valence electrons. The molecular formula is C19H14N2OS2. The number of nitrogens with one attached hydrogen (secondary N) is 1. The molecule has 0 aliphatic rings. The van der Waals surface area contributed by atoms with E-state index in [1.54, 1.807) is 17.5 Å². The van der Waals surface area contributed by atoms with Crippen LogP contribution in [0.15, 0.2) is 76.7 Å². The number of aromatic amines is 1. The van der Waals surface area contributed by atoms with E-state index in [1.165, 1.54) is 11.8 Å². The molecule has 0 radical (unpaired) electrons. The Balaban J connectivity index is 1.76. The molecule has 0 bridgehead atoms. The van der Waals surface area contributed by atoms with Gasteiger partial charge < -0.3 is 4.98 Å². The molecule has 2 aromatic carbocycles. The number of Topliss-reactive ketones (excluding diaryl/α,β-unsaturated/α-hetero) is 1. The van der Waals surface area contributed by atoms with Crippen molar-refractivity contribution in [3.05, 3.63) is 83.5 Å². The fraction of sp³-hybridized carbons (Fsp3) is 0.0526. The molecule has 0 saturated carbocycles. The van der Waals surface area contributed by atoms with Gasteiger partial charge in [0.15, 0.2) is 10.1 Å². The fourth-order valence-corrected chi connectivity index (χ4v) is 4.57. The van der Waals surface area contributed by atoms with E-state index in [4.69, 9.17) is 0 Å². The number of nitrogens with zero attached hydrogens (tertiary/aromatic N) is 1. The number of carbonyl (C=O) groups is 1. The number of thiazole rings is 1. The maximum absolute atomic E-state index is 13.3. The summed E-state index contributed by atoms with van der Waals surface area (Å²) in [6.45, 7) is 0. The highest BCUT2D eigenvalue weighted by Crippen LogP contribution is 2.39. The number of aromatic nitrogens is 2. The Morgan fingerprint density at radius 2 is 1.88 bits per heavy atom. The minimum Gasteiger partial charge on any atom is -0.360 e. The third-order valence-corrected chi connectivity index (χ3v) is 5.99. The van der Waals surface area contributed by atoms with Crippen molar-refractivity contribution < 1.29 is 4.79 Å². The molecule has 4 aromatic rings. The number of thioether (sulfide) groups is 1. The molecule has 0 aliphatic heterocycles. The van der Waals surface area contributed by atoms with E-state index >= 15 is 0 Å². The van der Waals surface area contributed by atoms with Gasteiger partial charge in [-0.05, 0) is 11.6 Å². The third-order valence-electron chi connectivity index (χ3n) is 3.82. The van der Waals surface area contributed by atoms with Gasteiger partial charge in [0.05, 0.1) is 0 Å². The average molecular weight is 350 g/mol. The minimum atomic E-state index is -0.309. The van der Waals surface area contributed by atoms with E-state index in [1.807, 2.05) is 66.2 Å². The van der Waals surface area contributed by atoms with Gasteiger partial charge in [0.1, 0.15) is 5.25 Å². The summed E-state index contributed by atoms with van der Waals surface area (Å²) in [5, 5.41) is 2.58. The summed E-state index contributed by atoms with van der Waals surface area (Å²) < 4.78 is 0.900. The first-order valence-corrected chi connectivity index (χ1v) is 9.30. The third kappa shape index (κ3) is 2.88. The Hall–Kier alpha value is -2.37. The van der Waals surface area contributed by atoms with E-state index in [2.05, 4.69) is 9.97 Å². The van der Waals surface area contributed by atoms with E-state index in [9.17, 15) is 4.79 Å². The minimum absolute atomic E-state index is 0.0962. The summed E-state index contributed by atoms with van der Waals surface area (Å²) in [6.07, 6.45) is 3.58. The van der Waals surface area contributed by atoms with E-state index < -0.39 is 0 Å². The molecule has 0 unspecified atom stereocenters. The standard InChI is InChI=1S/C19H14N2OS2/c22-17(15-12-21-16-9-5-4-8-14(15)16)18(13-6-2-1-3-7-13)24-19-20-10-11-23-19/h1-12,18,21H/t18-/m1/s1. The molecule has 2 heterocycles. The molecule has 2 aromatic heterocycles. The van der Waals surface area contributed by atoms with Crippen LogP contribution in [0.3, 0.4) is 0 Å². The molecular weight excluding hydrogens is 336 g/mol. The number of benzene rings is 2. The number of rotatable bonds is 5. The van der Waals surface area contributed by atoms with Crippen LogP contribution in [-0.2, 0) is 0 Å². The smallest absolute Gasteiger partial charge is 0.182 e. The summed E-state index contributed by atoms with van der Waals surface area (Å²) in [5.41, 5.74) is 2.70. The first kappa shape index (κ1) is 15.2. The van der Waals surface area contributed by atoms with E-state index in [0.29, 0.717) is 0 Å². The Bertz CT molecular complexity index is 961. The van der Waals surface area contributed by atoms with Crippen molar-refractivity contribution in [1.29, 1.82) is 0 Å². The molecule has 5 heteroatoms. The lowest BCUT2D eigenvalue weighted by Crippen LogP contribution is -2.09. The summed E-state index contributed by atoms with van der Waals surface area (Å²) in [6, 6.07) is 17.8. The normalized spacial score (nSPS) is 12.3. The van der Waals surface area contributed by atoms with Crippen LogP contribution in [0.4, 0.5) is 0 Å². The first-order valence-electron chi connectivity index (χ1n) is 7.54. The molecule has 24 heavy (non-hydrogen) atoms. The van der Waals surface area contributed by atoms with Gasteiger partial charge in [-0.15, -0.1) is 11.3 Å². The Labute approximate surface area is 147 Å². The first-order chi connectivity index (χ1) is 11.8. The lowest BCUT2D eigenvalue weighted by atomic mass is 10.0. The number of H-pyrrole nitrogens is 1. The van der Waals surface area contributed by atoms with Crippen LogP contribution in [0.1, 0.15) is 21.2 Å². The SMILES string of the molecule is O=C(c1c[nH]c2ccccc12)[C@H](Sc1nccs1)c1ccccc1. The van der Waals surface area contributed by atoms with Crippen molar-refractivity contribution in [1.82, 2.24) is 9.97 Å². The van der Waals surface area contributed by atoms with Gasteiger partial charge in [-0.3, -0.25) is 4.79 Å². The molecule has 1 N–H and O–H groups in total. The number of carbonyl (C=O) groups excluding carboxylic acids is 1. The van der Waals surface area contributed by atoms with E-state index in [-0.39, 0.29) is 11.0 Å². The Kier molecular flexibility index (Phi) is 4.19. The van der Waals surface area contributed by atoms with Crippen LogP contribution >= 0.6 is 23.1 Å². The zero-order valence-electron chi connectivity index (χ0n) is 12.7. The largest absolute Gasteiger partial charge is 0.360 e. The molecule has 0 amide bonds. The molecule has 3 nitrogen and oxygen atoms in total. The van der Waals surface area contributed by atoms with Crippen molar-refractivity contribution >= 4 is 39.8 Å². The molecule has 0 saturated heterocycles. The highest BCUT2D eigenvalue weighted by molar-refractivity contribution is 8.01. The number of ketones is 1. The topological polar surface area (TPSA) is 45.8 Å². The quantitative estimate of drug-likeness (QED) is 0.390.